The number of carboxylic acid groups (broad SMARTS) is 2. The Bertz CT molecular complexity index is 955. The smallest absolute Gasteiger partial charge is 0.326 e. The normalized spacial score (nSPS) is 11.7. The van der Waals surface area contributed by atoms with Gasteiger partial charge in [0, 0.05) is 38.5 Å². The van der Waals surface area contributed by atoms with E-state index in [0.717, 1.165) is 25.7 Å². The van der Waals surface area contributed by atoms with Crippen LogP contribution in [0.3, 0.4) is 0 Å². The fourth-order valence-corrected chi connectivity index (χ4v) is 3.98. The number of ether oxygens (including phenoxy) is 4. The number of hydrogen-bond donors (Lipinski definition) is 5. The van der Waals surface area contributed by atoms with E-state index in [1.165, 1.54) is 0 Å². The lowest BCUT2D eigenvalue weighted by molar-refractivity contribution is -0.139. The van der Waals surface area contributed by atoms with Gasteiger partial charge in [-0.05, 0) is 38.5 Å². The Balaban J connectivity index is 2.01. The average molecular weight is 665 g/mol. The molecule has 0 radical (unpaired) electrons. The van der Waals surface area contributed by atoms with Crippen LogP contribution in [-0.4, -0.2) is 120 Å². The van der Waals surface area contributed by atoms with Gasteiger partial charge in [-0.25, -0.2) is 9.59 Å². The zero-order valence-electron chi connectivity index (χ0n) is 25.9. The SMILES string of the molecule is O=C(O)CCCNC(=O)N[C@@H](CCCCn1cc(COCCOCC(=O)NCCOCCOCCCCCCCl)nn1)C(=O)O. The van der Waals surface area contributed by atoms with E-state index in [1.54, 1.807) is 10.9 Å². The largest absolute Gasteiger partial charge is 0.481 e. The minimum absolute atomic E-state index is 0.0813. The number of aryl methyl sites for hydroxylation is 1. The number of aromatic nitrogens is 3. The van der Waals surface area contributed by atoms with E-state index < -0.39 is 24.0 Å². The predicted octanol–water partition coefficient (Wildman–Crippen LogP) is 1.55. The summed E-state index contributed by atoms with van der Waals surface area (Å²) in [5, 5.41) is 33.6. The van der Waals surface area contributed by atoms with Crippen molar-refractivity contribution < 1.29 is 48.3 Å². The number of carbonyl (C=O) groups excluding carboxylic acids is 2. The first-order valence-electron chi connectivity index (χ1n) is 15.3. The van der Waals surface area contributed by atoms with Crippen LogP contribution in [-0.2, 0) is 46.5 Å². The van der Waals surface area contributed by atoms with Gasteiger partial charge in [0.15, 0.2) is 0 Å². The molecule has 5 N–H and O–H groups in total. The molecule has 0 saturated heterocycles. The van der Waals surface area contributed by atoms with Crippen molar-refractivity contribution in [1.29, 1.82) is 0 Å². The molecule has 16 nitrogen and oxygen atoms in total. The maximum absolute atomic E-state index is 11.8. The highest BCUT2D eigenvalue weighted by Crippen LogP contribution is 2.05. The molecule has 1 rings (SSSR count). The van der Waals surface area contributed by atoms with E-state index in [4.69, 9.17) is 35.7 Å². The second-order valence-electron chi connectivity index (χ2n) is 10.0. The second kappa shape index (κ2) is 27.3. The van der Waals surface area contributed by atoms with E-state index in [9.17, 15) is 24.3 Å². The number of halogens is 1. The van der Waals surface area contributed by atoms with Gasteiger partial charge in [0.05, 0.1) is 45.8 Å². The quantitative estimate of drug-likeness (QED) is 0.0585. The Morgan fingerprint density at radius 1 is 0.822 bits per heavy atom. The number of nitrogens with zero attached hydrogens (tertiary/aromatic N) is 3. The van der Waals surface area contributed by atoms with Crippen LogP contribution in [0.4, 0.5) is 4.79 Å². The lowest BCUT2D eigenvalue weighted by Gasteiger charge is -2.15. The van der Waals surface area contributed by atoms with Crippen LogP contribution < -0.4 is 16.0 Å². The van der Waals surface area contributed by atoms with Gasteiger partial charge in [-0.15, -0.1) is 16.7 Å². The van der Waals surface area contributed by atoms with Crippen LogP contribution >= 0.6 is 11.6 Å². The van der Waals surface area contributed by atoms with Crippen molar-refractivity contribution >= 4 is 35.5 Å². The molecule has 1 aromatic heterocycles. The molecule has 258 valence electrons. The minimum Gasteiger partial charge on any atom is -0.481 e. The van der Waals surface area contributed by atoms with Gasteiger partial charge >= 0.3 is 18.0 Å². The third-order valence-electron chi connectivity index (χ3n) is 6.14. The lowest BCUT2D eigenvalue weighted by Crippen LogP contribution is -2.46. The zero-order chi connectivity index (χ0) is 33.0. The molecule has 0 bridgehead atoms. The Morgan fingerprint density at radius 2 is 1.56 bits per heavy atom. The molecule has 0 aliphatic rings. The molecule has 0 unspecified atom stereocenters. The summed E-state index contributed by atoms with van der Waals surface area (Å²) in [7, 11) is 0. The second-order valence-corrected chi connectivity index (χ2v) is 10.4. The summed E-state index contributed by atoms with van der Waals surface area (Å²) in [5.41, 5.74) is 0.616. The number of carbonyl (C=O) groups is 4. The highest BCUT2D eigenvalue weighted by atomic mass is 35.5. The average Bonchev–Trinajstić information content (AvgIpc) is 3.46. The number of rotatable bonds is 30. The van der Waals surface area contributed by atoms with E-state index in [1.807, 2.05) is 0 Å². The first-order valence-corrected chi connectivity index (χ1v) is 15.9. The summed E-state index contributed by atoms with van der Waals surface area (Å²) in [6.45, 7) is 3.79. The maximum Gasteiger partial charge on any atom is 0.326 e. The molecule has 0 fully saturated rings. The molecule has 1 atom stereocenters. The number of carboxylic acids is 2. The zero-order valence-corrected chi connectivity index (χ0v) is 26.6. The van der Waals surface area contributed by atoms with Gasteiger partial charge in [0.25, 0.3) is 0 Å². The Labute approximate surface area is 268 Å². The summed E-state index contributed by atoms with van der Waals surface area (Å²) < 4.78 is 23.4. The van der Waals surface area contributed by atoms with E-state index in [0.29, 0.717) is 63.9 Å². The number of urea groups is 1. The van der Waals surface area contributed by atoms with Crippen LogP contribution in [0.5, 0.6) is 0 Å². The maximum atomic E-state index is 11.8. The first-order chi connectivity index (χ1) is 21.8. The summed E-state index contributed by atoms with van der Waals surface area (Å²) in [6.07, 6.45) is 7.55. The first kappa shape index (κ1) is 40.0. The van der Waals surface area contributed by atoms with E-state index in [2.05, 4.69) is 26.3 Å². The summed E-state index contributed by atoms with van der Waals surface area (Å²) in [5.74, 6) is -1.65. The Morgan fingerprint density at radius 3 is 2.31 bits per heavy atom. The Hall–Kier alpha value is -3.05. The fourth-order valence-electron chi connectivity index (χ4n) is 3.79. The third kappa shape index (κ3) is 23.9. The number of aliphatic carboxylic acids is 2. The van der Waals surface area contributed by atoms with Gasteiger partial charge in [-0.1, -0.05) is 18.1 Å². The molecule has 17 heteroatoms. The molecule has 0 aliphatic carbocycles. The molecule has 1 aromatic rings. The van der Waals surface area contributed by atoms with Gasteiger partial charge in [-0.2, -0.15) is 0 Å². The van der Waals surface area contributed by atoms with Crippen molar-refractivity contribution in [1.82, 2.24) is 30.9 Å². The van der Waals surface area contributed by atoms with E-state index in [-0.39, 0.29) is 58.1 Å². The fraction of sp³-hybridized carbons (Fsp3) is 0.786. The van der Waals surface area contributed by atoms with Crippen molar-refractivity contribution in [2.45, 2.75) is 77.0 Å². The van der Waals surface area contributed by atoms with Crippen LogP contribution in [0.2, 0.25) is 0 Å². The number of hydrogen-bond acceptors (Lipinski definition) is 10. The van der Waals surface area contributed by atoms with E-state index >= 15 is 0 Å². The summed E-state index contributed by atoms with van der Waals surface area (Å²) in [4.78, 5) is 45.6. The van der Waals surface area contributed by atoms with Crippen LogP contribution in [0.1, 0.15) is 63.5 Å². The van der Waals surface area contributed by atoms with Gasteiger partial charge in [0.1, 0.15) is 18.3 Å². The van der Waals surface area contributed by atoms with Crippen LogP contribution in [0, 0.1) is 0 Å². The molecular formula is C28H49ClN6O10. The molecule has 0 spiro atoms. The van der Waals surface area contributed by atoms with Crippen molar-refractivity contribution in [2.24, 2.45) is 0 Å². The third-order valence-corrected chi connectivity index (χ3v) is 6.41. The van der Waals surface area contributed by atoms with Crippen molar-refractivity contribution in [3.05, 3.63) is 11.9 Å². The minimum atomic E-state index is -1.15. The molecule has 0 aliphatic heterocycles. The molecule has 3 amide bonds. The lowest BCUT2D eigenvalue weighted by atomic mass is 10.1. The van der Waals surface area contributed by atoms with Crippen LogP contribution in [0.15, 0.2) is 6.20 Å². The number of alkyl halides is 1. The van der Waals surface area contributed by atoms with Gasteiger partial charge in [0.2, 0.25) is 5.91 Å². The topological polar surface area (TPSA) is 212 Å². The predicted molar refractivity (Wildman–Crippen MR) is 163 cm³/mol. The summed E-state index contributed by atoms with van der Waals surface area (Å²) in [6, 6.07) is -1.71. The van der Waals surface area contributed by atoms with Crippen molar-refractivity contribution in [3.63, 3.8) is 0 Å². The molecule has 0 aromatic carbocycles. The van der Waals surface area contributed by atoms with Gasteiger partial charge < -0.3 is 45.1 Å². The van der Waals surface area contributed by atoms with Crippen LogP contribution in [0.25, 0.3) is 0 Å². The molecular weight excluding hydrogens is 616 g/mol. The molecule has 45 heavy (non-hydrogen) atoms. The highest BCUT2D eigenvalue weighted by molar-refractivity contribution is 6.17. The monoisotopic (exact) mass is 664 g/mol. The van der Waals surface area contributed by atoms with Crippen molar-refractivity contribution in [3.8, 4) is 0 Å². The molecule has 1 heterocycles. The summed E-state index contributed by atoms with van der Waals surface area (Å²) >= 11 is 5.64. The van der Waals surface area contributed by atoms with Crippen molar-refractivity contribution in [2.75, 3.05) is 65.2 Å². The molecule has 0 saturated carbocycles. The van der Waals surface area contributed by atoms with Gasteiger partial charge in [-0.3, -0.25) is 14.3 Å². The Kier molecular flexibility index (Phi) is 24.2. The number of unbranched alkanes of at least 4 members (excludes halogenated alkanes) is 4. The number of amides is 3. The standard InChI is InChI=1S/C28H49ClN6O10/c29-10-4-1-2-6-14-42-16-17-43-15-12-30-25(36)22-45-19-18-44-21-23-20-35(34-33-23)13-5-3-8-24(27(39)40)32-28(41)31-11-7-9-26(37)38/h20,24H,1-19,21-22H2,(H,30,36)(H,37,38)(H,39,40)(H2,31,32,41)/t24-/m0/s1. The highest BCUT2D eigenvalue weighted by Gasteiger charge is 2.19. The number of nitrogens with one attached hydrogen (secondary N) is 3.